The lowest BCUT2D eigenvalue weighted by molar-refractivity contribution is -0.195. The molecule has 0 bridgehead atoms. The van der Waals surface area contributed by atoms with Crippen molar-refractivity contribution in [3.63, 3.8) is 0 Å². The van der Waals surface area contributed by atoms with Crippen molar-refractivity contribution in [3.05, 3.63) is 0 Å². The molecule has 0 saturated heterocycles. The van der Waals surface area contributed by atoms with Crippen LogP contribution in [0.4, 0.5) is 17.8 Å². The van der Waals surface area contributed by atoms with Gasteiger partial charge in [0.2, 0.25) is 17.8 Å². The summed E-state index contributed by atoms with van der Waals surface area (Å²) in [5.74, 6) is -1.87. The van der Waals surface area contributed by atoms with Gasteiger partial charge in [-0.15, -0.1) is 0 Å². The molecule has 0 fully saturated rings. The van der Waals surface area contributed by atoms with E-state index in [0.717, 1.165) is 15.2 Å². The summed E-state index contributed by atoms with van der Waals surface area (Å²) in [6.07, 6.45) is 3.44. The normalized spacial score (nSPS) is 10.6. The lowest BCUT2D eigenvalue weighted by Gasteiger charge is -2.24. The van der Waals surface area contributed by atoms with Crippen LogP contribution in [0.25, 0.3) is 0 Å². The summed E-state index contributed by atoms with van der Waals surface area (Å²) < 4.78 is 17.5. The Kier molecular flexibility index (Phi) is 22.7. The van der Waals surface area contributed by atoms with E-state index in [4.69, 9.17) is 28.7 Å². The summed E-state index contributed by atoms with van der Waals surface area (Å²) >= 11 is 0. The van der Waals surface area contributed by atoms with Crippen LogP contribution >= 0.6 is 0 Å². The van der Waals surface area contributed by atoms with Gasteiger partial charge in [0.05, 0.1) is 19.6 Å². The van der Waals surface area contributed by atoms with Gasteiger partial charge in [0.25, 0.3) is 17.7 Å². The summed E-state index contributed by atoms with van der Waals surface area (Å²) in [5, 5.41) is 3.05. The Bertz CT molecular complexity index is 1190. The van der Waals surface area contributed by atoms with Gasteiger partial charge in [0.15, 0.2) is 0 Å². The molecule has 0 aliphatic heterocycles. The van der Waals surface area contributed by atoms with Crippen molar-refractivity contribution in [1.29, 1.82) is 0 Å². The average molecular weight is 772 g/mol. The van der Waals surface area contributed by atoms with Crippen LogP contribution < -0.4 is 14.7 Å². The summed E-state index contributed by atoms with van der Waals surface area (Å²) in [7, 11) is 5.27. The number of carbonyl (C=O) groups is 6. The second kappa shape index (κ2) is 26.0. The van der Waals surface area contributed by atoms with Crippen LogP contribution in [0.15, 0.2) is 0 Å². The highest BCUT2D eigenvalue weighted by molar-refractivity contribution is 5.76. The third-order valence-corrected chi connectivity index (χ3v) is 6.95. The van der Waals surface area contributed by atoms with Crippen molar-refractivity contribution in [2.75, 3.05) is 95.5 Å². The average Bonchev–Trinajstić information content (AvgIpc) is 3.09. The number of hydroxylamine groups is 6. The maximum absolute atomic E-state index is 11.7. The molecule has 21 nitrogen and oxygen atoms in total. The van der Waals surface area contributed by atoms with Crippen molar-refractivity contribution in [2.45, 2.75) is 80.1 Å². The van der Waals surface area contributed by atoms with Crippen LogP contribution in [0.2, 0.25) is 0 Å². The minimum atomic E-state index is -0.570. The van der Waals surface area contributed by atoms with Gasteiger partial charge in [-0.2, -0.15) is 30.1 Å². The van der Waals surface area contributed by atoms with Crippen LogP contribution in [0.3, 0.4) is 0 Å². The maximum atomic E-state index is 11.7. The van der Waals surface area contributed by atoms with E-state index in [0.29, 0.717) is 76.2 Å². The van der Waals surface area contributed by atoms with Gasteiger partial charge in [-0.1, -0.05) is 0 Å². The first-order chi connectivity index (χ1) is 25.5. The molecule has 0 unspecified atom stereocenters. The molecule has 3 amide bonds. The monoisotopic (exact) mass is 771 g/mol. The molecule has 0 aliphatic carbocycles. The Morgan fingerprint density at radius 3 is 0.870 bits per heavy atom. The van der Waals surface area contributed by atoms with Gasteiger partial charge >= 0.3 is 17.9 Å². The maximum Gasteiger partial charge on any atom is 0.329 e. The molecular weight excluding hydrogens is 714 g/mol. The number of nitrogens with zero attached hydrogens (tertiary/aromatic N) is 9. The van der Waals surface area contributed by atoms with Gasteiger partial charge in [0, 0.05) is 82.5 Å². The number of hydrogen-bond donors (Lipinski definition) is 0. The summed E-state index contributed by atoms with van der Waals surface area (Å²) in [4.78, 5) is 102. The quantitative estimate of drug-likeness (QED) is 0.0825. The fourth-order valence-corrected chi connectivity index (χ4v) is 4.28. The summed E-state index contributed by atoms with van der Waals surface area (Å²) in [6.45, 7) is 9.87. The summed E-state index contributed by atoms with van der Waals surface area (Å²) in [6, 6.07) is 0. The highest BCUT2D eigenvalue weighted by atomic mass is 16.7. The van der Waals surface area contributed by atoms with Gasteiger partial charge < -0.3 is 43.4 Å². The number of ether oxygens (including phenoxy) is 3. The first-order valence-electron chi connectivity index (χ1n) is 17.5. The van der Waals surface area contributed by atoms with Crippen LogP contribution in [0.5, 0.6) is 0 Å². The fourth-order valence-electron chi connectivity index (χ4n) is 4.28. The second-order valence-corrected chi connectivity index (χ2v) is 12.2. The standard InChI is InChI=1S/C33H57N9O12/c1-25(43)40(52-28(4)46)16-10-13-19-49-22-37(7)31-34-32(38(8)23-50-20-14-11-17-41(26(2)44)53-29(5)47)36-33(35-31)39(9)24-51-21-15-12-18-42(27(3)45)54-30(6)48/h10-24H2,1-9H3. The highest BCUT2D eigenvalue weighted by Crippen LogP contribution is 2.18. The first-order valence-corrected chi connectivity index (χ1v) is 17.5. The third-order valence-electron chi connectivity index (χ3n) is 6.95. The van der Waals surface area contributed by atoms with Crippen molar-refractivity contribution in [2.24, 2.45) is 0 Å². The zero-order valence-electron chi connectivity index (χ0n) is 33.0. The first kappa shape index (κ1) is 47.1. The van der Waals surface area contributed by atoms with E-state index in [1.807, 2.05) is 0 Å². The number of hydrogen-bond acceptors (Lipinski definition) is 18. The Balaban J connectivity index is 2.83. The van der Waals surface area contributed by atoms with E-state index in [2.05, 4.69) is 15.0 Å². The molecule has 0 atom stereocenters. The molecular formula is C33H57N9O12. The van der Waals surface area contributed by atoms with Crippen molar-refractivity contribution in [1.82, 2.24) is 30.1 Å². The Morgan fingerprint density at radius 2 is 0.667 bits per heavy atom. The number of amides is 3. The summed E-state index contributed by atoms with van der Waals surface area (Å²) in [5.41, 5.74) is 0. The molecule has 1 aromatic rings. The third kappa shape index (κ3) is 20.4. The predicted molar refractivity (Wildman–Crippen MR) is 193 cm³/mol. The van der Waals surface area contributed by atoms with Gasteiger partial charge in [-0.05, 0) is 38.5 Å². The van der Waals surface area contributed by atoms with Crippen LogP contribution in [0.1, 0.15) is 80.1 Å². The molecule has 0 spiro atoms. The molecule has 21 heteroatoms. The van der Waals surface area contributed by atoms with E-state index < -0.39 is 17.9 Å². The number of aromatic nitrogens is 3. The molecule has 0 N–H and O–H groups in total. The van der Waals surface area contributed by atoms with Gasteiger partial charge in [0.1, 0.15) is 20.2 Å². The van der Waals surface area contributed by atoms with Crippen LogP contribution in [-0.4, -0.2) is 147 Å². The van der Waals surface area contributed by atoms with E-state index in [1.54, 1.807) is 35.8 Å². The number of unbranched alkanes of at least 4 members (excludes halogenated alkanes) is 3. The second-order valence-electron chi connectivity index (χ2n) is 12.2. The predicted octanol–water partition coefficient (Wildman–Crippen LogP) is 1.42. The number of carbonyl (C=O) groups excluding carboxylic acids is 6. The Morgan fingerprint density at radius 1 is 0.426 bits per heavy atom. The van der Waals surface area contributed by atoms with E-state index in [9.17, 15) is 28.8 Å². The number of anilines is 3. The Hall–Kier alpha value is -4.89. The molecule has 0 saturated carbocycles. The molecule has 54 heavy (non-hydrogen) atoms. The van der Waals surface area contributed by atoms with Gasteiger partial charge in [-0.25, -0.2) is 0 Å². The van der Waals surface area contributed by atoms with Crippen molar-refractivity contribution >= 4 is 53.5 Å². The smallest absolute Gasteiger partial charge is 0.329 e. The van der Waals surface area contributed by atoms with E-state index in [-0.39, 0.29) is 57.5 Å². The molecule has 0 radical (unpaired) electrons. The van der Waals surface area contributed by atoms with Crippen molar-refractivity contribution in [3.8, 4) is 0 Å². The molecule has 0 aromatic carbocycles. The topological polar surface area (TPSA) is 216 Å². The molecule has 1 heterocycles. The molecule has 0 aliphatic rings. The molecule has 1 aromatic heterocycles. The SMILES string of the molecule is CC(=O)ON(CCCCOCN(C)c1nc(N(C)COCCCCN(OC(C)=O)C(C)=O)nc(N(C)COCCCCN(OC(C)=O)C(C)=O)n1)C(C)=O. The van der Waals surface area contributed by atoms with Crippen LogP contribution in [0, 0.1) is 0 Å². The largest absolute Gasteiger partial charge is 0.361 e. The number of rotatable bonds is 24. The minimum absolute atomic E-state index is 0.138. The molecule has 306 valence electrons. The van der Waals surface area contributed by atoms with E-state index >= 15 is 0 Å². The zero-order chi connectivity index (χ0) is 40.6. The fraction of sp³-hybridized carbons (Fsp3) is 0.727. The lowest BCUT2D eigenvalue weighted by atomic mass is 10.3. The minimum Gasteiger partial charge on any atom is -0.361 e. The lowest BCUT2D eigenvalue weighted by Crippen LogP contribution is -2.32. The molecule has 1 rings (SSSR count). The van der Waals surface area contributed by atoms with Crippen molar-refractivity contribution < 1.29 is 57.5 Å². The zero-order valence-corrected chi connectivity index (χ0v) is 33.0. The highest BCUT2D eigenvalue weighted by Gasteiger charge is 2.18. The Labute approximate surface area is 316 Å². The van der Waals surface area contributed by atoms with E-state index in [1.165, 1.54) is 41.5 Å². The van der Waals surface area contributed by atoms with Crippen LogP contribution in [-0.2, 0) is 57.5 Å². The van der Waals surface area contributed by atoms with Gasteiger partial charge in [-0.3, -0.25) is 28.8 Å².